The van der Waals surface area contributed by atoms with Crippen LogP contribution in [0.3, 0.4) is 0 Å². The van der Waals surface area contributed by atoms with Crippen LogP contribution >= 0.6 is 0 Å². The van der Waals surface area contributed by atoms with Crippen LogP contribution in [0.2, 0.25) is 0 Å². The number of fused-ring (bicyclic) bond motifs is 3. The van der Waals surface area contributed by atoms with Crippen LogP contribution in [0.4, 0.5) is 5.69 Å². The third kappa shape index (κ3) is 1.42. The Bertz CT molecular complexity index is 394. The van der Waals surface area contributed by atoms with Crippen LogP contribution in [0, 0.1) is 5.41 Å². The van der Waals surface area contributed by atoms with Gasteiger partial charge >= 0.3 is 5.97 Å². The lowest BCUT2D eigenvalue weighted by Crippen LogP contribution is -2.57. The Morgan fingerprint density at radius 3 is 2.31 bits per heavy atom. The molecule has 0 atom stereocenters. The molecule has 86 valence electrons. The van der Waals surface area contributed by atoms with Gasteiger partial charge in [-0.15, -0.1) is 0 Å². The van der Waals surface area contributed by atoms with Crippen LogP contribution in [0.5, 0.6) is 0 Å². The summed E-state index contributed by atoms with van der Waals surface area (Å²) in [6, 6.07) is 7.44. The maximum atomic E-state index is 5.75. The first kappa shape index (κ1) is 10.1. The van der Waals surface area contributed by atoms with Crippen molar-refractivity contribution in [1.29, 1.82) is 0 Å². The molecule has 3 aliphatic rings. The van der Waals surface area contributed by atoms with E-state index in [-0.39, 0.29) is 5.41 Å². The number of benzene rings is 1. The van der Waals surface area contributed by atoms with Gasteiger partial charge in [0.2, 0.25) is 0 Å². The fourth-order valence-electron chi connectivity index (χ4n) is 2.04. The molecule has 0 aliphatic carbocycles. The topological polar surface area (TPSA) is 53.7 Å². The van der Waals surface area contributed by atoms with Crippen molar-refractivity contribution in [3.05, 3.63) is 29.8 Å². The van der Waals surface area contributed by atoms with E-state index in [2.05, 4.69) is 6.92 Å². The Balaban J connectivity index is 1.95. The molecule has 16 heavy (non-hydrogen) atoms. The van der Waals surface area contributed by atoms with Gasteiger partial charge in [0.1, 0.15) is 0 Å². The lowest BCUT2D eigenvalue weighted by Gasteiger charge is -2.50. The van der Waals surface area contributed by atoms with Gasteiger partial charge in [-0.1, -0.05) is 19.1 Å². The molecule has 2 N–H and O–H groups in total. The van der Waals surface area contributed by atoms with E-state index in [0.29, 0.717) is 25.5 Å². The molecular weight excluding hydrogens is 206 g/mol. The Labute approximate surface area is 94.3 Å². The zero-order chi connectivity index (χ0) is 11.2. The third-order valence-electron chi connectivity index (χ3n) is 3.07. The Morgan fingerprint density at radius 2 is 1.75 bits per heavy atom. The minimum atomic E-state index is -1.03. The van der Waals surface area contributed by atoms with Gasteiger partial charge in [0, 0.05) is 16.7 Å². The van der Waals surface area contributed by atoms with Crippen molar-refractivity contribution >= 4 is 5.69 Å². The van der Waals surface area contributed by atoms with Crippen LogP contribution in [0.15, 0.2) is 24.3 Å². The van der Waals surface area contributed by atoms with Gasteiger partial charge in [-0.25, -0.2) is 0 Å². The molecule has 1 aromatic rings. The number of anilines is 1. The fraction of sp³-hybridized carbons (Fsp3) is 0.500. The van der Waals surface area contributed by atoms with Crippen molar-refractivity contribution in [2.24, 2.45) is 5.41 Å². The minimum absolute atomic E-state index is 0.0118. The first-order valence-corrected chi connectivity index (χ1v) is 5.40. The standard InChI is InChI=1S/C12H15NO3/c1-11-6-14-12(15-7-11,16-8-11)9-3-2-4-10(13)5-9/h2-5H,6-8,13H2,1H3. The summed E-state index contributed by atoms with van der Waals surface area (Å²) in [5.41, 5.74) is 7.25. The molecule has 0 saturated carbocycles. The highest BCUT2D eigenvalue weighted by Crippen LogP contribution is 2.44. The van der Waals surface area contributed by atoms with Crippen LogP contribution in [-0.2, 0) is 20.2 Å². The van der Waals surface area contributed by atoms with Crippen molar-refractivity contribution in [2.45, 2.75) is 12.9 Å². The number of hydrogen-bond acceptors (Lipinski definition) is 4. The smallest absolute Gasteiger partial charge is 0.312 e. The lowest BCUT2D eigenvalue weighted by molar-refractivity contribution is -0.477. The van der Waals surface area contributed by atoms with E-state index in [0.717, 1.165) is 5.56 Å². The summed E-state index contributed by atoms with van der Waals surface area (Å²) in [5, 5.41) is 0. The molecule has 0 amide bonds. The lowest BCUT2D eigenvalue weighted by atomic mass is 9.91. The average Bonchev–Trinajstić information content (AvgIpc) is 2.30. The Kier molecular flexibility index (Phi) is 2.01. The van der Waals surface area contributed by atoms with E-state index >= 15 is 0 Å². The first-order chi connectivity index (χ1) is 7.62. The van der Waals surface area contributed by atoms with Crippen molar-refractivity contribution < 1.29 is 14.2 Å². The summed E-state index contributed by atoms with van der Waals surface area (Å²) >= 11 is 0. The largest absolute Gasteiger partial charge is 0.399 e. The van der Waals surface area contributed by atoms with E-state index in [1.807, 2.05) is 24.3 Å². The van der Waals surface area contributed by atoms with Crippen LogP contribution in [0.25, 0.3) is 0 Å². The predicted octanol–water partition coefficient (Wildman–Crippen LogP) is 1.46. The van der Waals surface area contributed by atoms with Crippen LogP contribution in [-0.4, -0.2) is 19.8 Å². The highest BCUT2D eigenvalue weighted by molar-refractivity contribution is 5.41. The summed E-state index contributed by atoms with van der Waals surface area (Å²) in [4.78, 5) is 0. The molecule has 2 bridgehead atoms. The number of rotatable bonds is 1. The minimum Gasteiger partial charge on any atom is -0.399 e. The summed E-state index contributed by atoms with van der Waals surface area (Å²) in [5.74, 6) is -1.03. The van der Waals surface area contributed by atoms with Crippen molar-refractivity contribution in [2.75, 3.05) is 25.6 Å². The second kappa shape index (κ2) is 3.20. The second-order valence-electron chi connectivity index (χ2n) is 4.86. The molecule has 3 fully saturated rings. The van der Waals surface area contributed by atoms with Crippen LogP contribution in [0.1, 0.15) is 12.5 Å². The molecule has 0 unspecified atom stereocenters. The Morgan fingerprint density at radius 1 is 1.12 bits per heavy atom. The summed E-state index contributed by atoms with van der Waals surface area (Å²) < 4.78 is 17.1. The highest BCUT2D eigenvalue weighted by Gasteiger charge is 2.51. The van der Waals surface area contributed by atoms with Crippen LogP contribution < -0.4 is 5.73 Å². The van der Waals surface area contributed by atoms with Gasteiger partial charge in [-0.2, -0.15) is 0 Å². The maximum Gasteiger partial charge on any atom is 0.312 e. The van der Waals surface area contributed by atoms with Gasteiger partial charge in [-0.05, 0) is 12.1 Å². The number of nitrogens with two attached hydrogens (primary N) is 1. The zero-order valence-electron chi connectivity index (χ0n) is 9.23. The molecular formula is C12H15NO3. The van der Waals surface area contributed by atoms with E-state index < -0.39 is 5.97 Å². The fourth-order valence-corrected chi connectivity index (χ4v) is 2.04. The molecule has 0 radical (unpaired) electrons. The monoisotopic (exact) mass is 221 g/mol. The normalized spacial score (nSPS) is 37.6. The molecule has 3 aliphatic heterocycles. The molecule has 1 aromatic carbocycles. The van der Waals surface area contributed by atoms with Gasteiger partial charge < -0.3 is 19.9 Å². The number of ether oxygens (including phenoxy) is 3. The van der Waals surface area contributed by atoms with E-state index in [1.165, 1.54) is 0 Å². The summed E-state index contributed by atoms with van der Waals surface area (Å²) in [6.07, 6.45) is 0. The SMILES string of the molecule is CC12COC(c3cccc(N)c3)(OC1)OC2. The molecule has 3 saturated heterocycles. The molecule has 0 spiro atoms. The molecule has 4 heteroatoms. The third-order valence-corrected chi connectivity index (χ3v) is 3.07. The highest BCUT2D eigenvalue weighted by atomic mass is 16.9. The molecule has 3 heterocycles. The van der Waals surface area contributed by atoms with Crippen molar-refractivity contribution in [1.82, 2.24) is 0 Å². The first-order valence-electron chi connectivity index (χ1n) is 5.40. The average molecular weight is 221 g/mol. The summed E-state index contributed by atoms with van der Waals surface area (Å²) in [6.45, 7) is 4.06. The quantitative estimate of drug-likeness (QED) is 0.729. The number of hydrogen-bond donors (Lipinski definition) is 1. The van der Waals surface area contributed by atoms with E-state index in [9.17, 15) is 0 Å². The second-order valence-corrected chi connectivity index (χ2v) is 4.86. The summed E-state index contributed by atoms with van der Waals surface area (Å²) in [7, 11) is 0. The van der Waals surface area contributed by atoms with Gasteiger partial charge in [-0.3, -0.25) is 0 Å². The molecule has 0 aromatic heterocycles. The van der Waals surface area contributed by atoms with Gasteiger partial charge in [0.15, 0.2) is 0 Å². The predicted molar refractivity (Wildman–Crippen MR) is 58.5 cm³/mol. The van der Waals surface area contributed by atoms with Gasteiger partial charge in [0.25, 0.3) is 0 Å². The van der Waals surface area contributed by atoms with Gasteiger partial charge in [0.05, 0.1) is 19.8 Å². The van der Waals surface area contributed by atoms with E-state index in [4.69, 9.17) is 19.9 Å². The Hall–Kier alpha value is -1.10. The van der Waals surface area contributed by atoms with E-state index in [1.54, 1.807) is 0 Å². The van der Waals surface area contributed by atoms with Crippen molar-refractivity contribution in [3.63, 3.8) is 0 Å². The maximum absolute atomic E-state index is 5.75. The molecule has 4 rings (SSSR count). The van der Waals surface area contributed by atoms with Crippen molar-refractivity contribution in [3.8, 4) is 0 Å². The molecule has 4 nitrogen and oxygen atoms in total. The number of nitrogen functional groups attached to an aromatic ring is 1. The zero-order valence-corrected chi connectivity index (χ0v) is 9.23.